The van der Waals surface area contributed by atoms with Gasteiger partial charge >= 0.3 is 0 Å². The van der Waals surface area contributed by atoms with Gasteiger partial charge in [0.25, 0.3) is 5.91 Å². The number of carbonyl (C=O) groups excluding carboxylic acids is 1. The highest BCUT2D eigenvalue weighted by molar-refractivity contribution is 5.95. The number of carbonyl (C=O) groups is 1. The molecule has 0 bridgehead atoms. The van der Waals surface area contributed by atoms with E-state index in [9.17, 15) is 4.79 Å². The minimum atomic E-state index is 0.126. The summed E-state index contributed by atoms with van der Waals surface area (Å²) in [7, 11) is 0. The predicted octanol–water partition coefficient (Wildman–Crippen LogP) is 1.87. The molecule has 17 heavy (non-hydrogen) atoms. The number of hydrogen-bond acceptors (Lipinski definition) is 2. The van der Waals surface area contributed by atoms with E-state index in [4.69, 9.17) is 5.73 Å². The highest BCUT2D eigenvalue weighted by Gasteiger charge is 2.23. The molecule has 2 rings (SSSR count). The largest absolute Gasteiger partial charge is 0.337 e. The number of rotatable bonds is 1. The summed E-state index contributed by atoms with van der Waals surface area (Å²) in [5.74, 6) is 0.126. The molecule has 1 aromatic rings. The van der Waals surface area contributed by atoms with Gasteiger partial charge in [0.15, 0.2) is 0 Å². The number of amides is 1. The Morgan fingerprint density at radius 3 is 2.88 bits per heavy atom. The maximum absolute atomic E-state index is 12.4. The van der Waals surface area contributed by atoms with Crippen LogP contribution in [0, 0.1) is 13.8 Å². The van der Waals surface area contributed by atoms with E-state index in [2.05, 4.69) is 0 Å². The minimum absolute atomic E-state index is 0.126. The van der Waals surface area contributed by atoms with Crippen molar-refractivity contribution in [1.82, 2.24) is 4.90 Å². The van der Waals surface area contributed by atoms with Crippen LogP contribution in [0.2, 0.25) is 0 Å². The van der Waals surface area contributed by atoms with E-state index in [0.29, 0.717) is 6.54 Å². The van der Waals surface area contributed by atoms with Crippen molar-refractivity contribution in [2.24, 2.45) is 5.73 Å². The molecule has 0 spiro atoms. The molecule has 3 heteroatoms. The molecule has 2 N–H and O–H groups in total. The molecule has 0 saturated carbocycles. The molecule has 0 radical (unpaired) electrons. The summed E-state index contributed by atoms with van der Waals surface area (Å²) < 4.78 is 0. The molecular formula is C14H20N2O. The molecule has 0 aliphatic carbocycles. The second-order valence-electron chi connectivity index (χ2n) is 4.97. The fourth-order valence-corrected chi connectivity index (χ4v) is 2.33. The van der Waals surface area contributed by atoms with E-state index in [1.807, 2.05) is 36.9 Å². The maximum atomic E-state index is 12.4. The van der Waals surface area contributed by atoms with Crippen LogP contribution in [-0.2, 0) is 0 Å². The fraction of sp³-hybridized carbons (Fsp3) is 0.500. The number of nitrogens with two attached hydrogens (primary N) is 1. The lowest BCUT2D eigenvalue weighted by molar-refractivity contribution is 0.0708. The van der Waals surface area contributed by atoms with Gasteiger partial charge < -0.3 is 10.6 Å². The Labute approximate surface area is 103 Å². The highest BCUT2D eigenvalue weighted by Crippen LogP contribution is 2.16. The number of aryl methyl sites for hydroxylation is 2. The summed E-state index contributed by atoms with van der Waals surface area (Å²) in [6.45, 7) is 5.51. The zero-order chi connectivity index (χ0) is 12.4. The molecule has 92 valence electrons. The average molecular weight is 232 g/mol. The van der Waals surface area contributed by atoms with Gasteiger partial charge in [-0.15, -0.1) is 0 Å². The third-order valence-corrected chi connectivity index (χ3v) is 3.37. The Hall–Kier alpha value is -1.35. The molecule has 1 amide bonds. The number of piperidine rings is 1. The lowest BCUT2D eigenvalue weighted by Gasteiger charge is -2.31. The molecule has 0 aromatic heterocycles. The SMILES string of the molecule is Cc1ccc(C)c(C(=O)N2CCCC(N)C2)c1. The standard InChI is InChI=1S/C14H20N2O/c1-10-5-6-11(2)13(8-10)14(17)16-7-3-4-12(15)9-16/h5-6,8,12H,3-4,7,9,15H2,1-2H3. The van der Waals surface area contributed by atoms with Crippen LogP contribution in [0.1, 0.15) is 34.3 Å². The lowest BCUT2D eigenvalue weighted by Crippen LogP contribution is -2.45. The summed E-state index contributed by atoms with van der Waals surface area (Å²) in [5.41, 5.74) is 8.90. The van der Waals surface area contributed by atoms with Gasteiger partial charge in [0.1, 0.15) is 0 Å². The van der Waals surface area contributed by atoms with E-state index in [-0.39, 0.29) is 11.9 Å². The van der Waals surface area contributed by atoms with Gasteiger partial charge in [-0.2, -0.15) is 0 Å². The van der Waals surface area contributed by atoms with Gasteiger partial charge in [0, 0.05) is 24.7 Å². The van der Waals surface area contributed by atoms with E-state index in [1.54, 1.807) is 0 Å². The van der Waals surface area contributed by atoms with Gasteiger partial charge in [0.2, 0.25) is 0 Å². The first kappa shape index (κ1) is 12.1. The third kappa shape index (κ3) is 2.67. The van der Waals surface area contributed by atoms with Crippen LogP contribution in [-0.4, -0.2) is 29.9 Å². The van der Waals surface area contributed by atoms with Crippen LogP contribution >= 0.6 is 0 Å². The molecular weight excluding hydrogens is 212 g/mol. The van der Waals surface area contributed by atoms with Crippen molar-refractivity contribution in [2.45, 2.75) is 32.7 Å². The number of likely N-dealkylation sites (tertiary alicyclic amines) is 1. The molecule has 1 saturated heterocycles. The van der Waals surface area contributed by atoms with Crippen LogP contribution in [0.5, 0.6) is 0 Å². The first-order valence-electron chi connectivity index (χ1n) is 6.20. The third-order valence-electron chi connectivity index (χ3n) is 3.37. The van der Waals surface area contributed by atoms with Crippen LogP contribution in [0.15, 0.2) is 18.2 Å². The Bertz CT molecular complexity index is 428. The predicted molar refractivity (Wildman–Crippen MR) is 69.0 cm³/mol. The van der Waals surface area contributed by atoms with Crippen LogP contribution in [0.25, 0.3) is 0 Å². The zero-order valence-corrected chi connectivity index (χ0v) is 10.6. The van der Waals surface area contributed by atoms with Gasteiger partial charge in [-0.05, 0) is 38.3 Å². The van der Waals surface area contributed by atoms with E-state index in [1.165, 1.54) is 0 Å². The lowest BCUT2D eigenvalue weighted by atomic mass is 10.0. The Morgan fingerprint density at radius 2 is 2.18 bits per heavy atom. The van der Waals surface area contributed by atoms with Gasteiger partial charge in [-0.1, -0.05) is 17.7 Å². The Balaban J connectivity index is 2.21. The topological polar surface area (TPSA) is 46.3 Å². The van der Waals surface area contributed by atoms with Crippen molar-refractivity contribution < 1.29 is 4.79 Å². The van der Waals surface area contributed by atoms with Crippen molar-refractivity contribution in [3.05, 3.63) is 34.9 Å². The van der Waals surface area contributed by atoms with E-state index >= 15 is 0 Å². The van der Waals surface area contributed by atoms with Crippen molar-refractivity contribution in [2.75, 3.05) is 13.1 Å². The molecule has 1 aliphatic heterocycles. The molecule has 1 aromatic carbocycles. The summed E-state index contributed by atoms with van der Waals surface area (Å²) in [5, 5.41) is 0. The zero-order valence-electron chi connectivity index (χ0n) is 10.6. The number of nitrogens with zero attached hydrogens (tertiary/aromatic N) is 1. The van der Waals surface area contributed by atoms with Gasteiger partial charge in [0.05, 0.1) is 0 Å². The maximum Gasteiger partial charge on any atom is 0.254 e. The second kappa shape index (κ2) is 4.88. The average Bonchev–Trinajstić information content (AvgIpc) is 2.31. The quantitative estimate of drug-likeness (QED) is 0.803. The fourth-order valence-electron chi connectivity index (χ4n) is 2.33. The minimum Gasteiger partial charge on any atom is -0.337 e. The van der Waals surface area contributed by atoms with Crippen molar-refractivity contribution in [3.8, 4) is 0 Å². The summed E-state index contributed by atoms with van der Waals surface area (Å²) in [4.78, 5) is 14.3. The molecule has 1 unspecified atom stereocenters. The normalized spacial score (nSPS) is 20.4. The second-order valence-corrected chi connectivity index (χ2v) is 4.97. The Morgan fingerprint density at radius 1 is 1.41 bits per heavy atom. The smallest absolute Gasteiger partial charge is 0.254 e. The summed E-state index contributed by atoms with van der Waals surface area (Å²) in [6, 6.07) is 6.15. The van der Waals surface area contributed by atoms with E-state index in [0.717, 1.165) is 36.1 Å². The highest BCUT2D eigenvalue weighted by atomic mass is 16.2. The number of hydrogen-bond donors (Lipinski definition) is 1. The van der Waals surface area contributed by atoms with Crippen LogP contribution in [0.3, 0.4) is 0 Å². The van der Waals surface area contributed by atoms with Crippen LogP contribution < -0.4 is 5.73 Å². The first-order valence-corrected chi connectivity index (χ1v) is 6.20. The monoisotopic (exact) mass is 232 g/mol. The Kier molecular flexibility index (Phi) is 3.48. The van der Waals surface area contributed by atoms with Crippen molar-refractivity contribution >= 4 is 5.91 Å². The first-order chi connectivity index (χ1) is 8.08. The molecule has 1 heterocycles. The molecule has 3 nitrogen and oxygen atoms in total. The van der Waals surface area contributed by atoms with Gasteiger partial charge in [-0.25, -0.2) is 0 Å². The molecule has 1 fully saturated rings. The summed E-state index contributed by atoms with van der Waals surface area (Å²) in [6.07, 6.45) is 2.04. The van der Waals surface area contributed by atoms with Crippen LogP contribution in [0.4, 0.5) is 0 Å². The van der Waals surface area contributed by atoms with Gasteiger partial charge in [-0.3, -0.25) is 4.79 Å². The molecule has 1 aliphatic rings. The molecule has 1 atom stereocenters. The van der Waals surface area contributed by atoms with Crippen molar-refractivity contribution in [3.63, 3.8) is 0 Å². The summed E-state index contributed by atoms with van der Waals surface area (Å²) >= 11 is 0. The van der Waals surface area contributed by atoms with Crippen molar-refractivity contribution in [1.29, 1.82) is 0 Å². The number of benzene rings is 1. The van der Waals surface area contributed by atoms with E-state index < -0.39 is 0 Å².